The summed E-state index contributed by atoms with van der Waals surface area (Å²) in [4.78, 5) is 0. The Morgan fingerprint density at radius 2 is 0.727 bits per heavy atom. The van der Waals surface area contributed by atoms with Gasteiger partial charge in [-0.3, -0.25) is 0 Å². The second-order valence-corrected chi connectivity index (χ2v) is 33.1. The Bertz CT molecular complexity index is 1570. The topological polar surface area (TPSA) is 162 Å². The molecule has 8 rings (SSSR count). The van der Waals surface area contributed by atoms with Crippen LogP contribution in [-0.2, 0) is 0 Å². The molecule has 8 aliphatic rings. The Hall–Kier alpha value is -0.320. The number of aliphatic hydroxyl groups excluding tert-OH is 8. The van der Waals surface area contributed by atoms with E-state index in [9.17, 15) is 40.9 Å². The van der Waals surface area contributed by atoms with Crippen LogP contribution in [0.4, 0.5) is 0 Å². The molecule has 0 bridgehead atoms. The summed E-state index contributed by atoms with van der Waals surface area (Å²) in [6.45, 7) is 53.5. The summed E-state index contributed by atoms with van der Waals surface area (Å²) in [5, 5.41) is 77.2. The van der Waals surface area contributed by atoms with E-state index in [1.807, 2.05) is 0 Å². The summed E-state index contributed by atoms with van der Waals surface area (Å²) < 4.78 is 0. The molecule has 0 saturated heterocycles. The average Bonchev–Trinajstić information content (AvgIpc) is 3.61. The lowest BCUT2D eigenvalue weighted by Crippen LogP contribution is -2.35. The van der Waals surface area contributed by atoms with Crippen molar-refractivity contribution in [2.75, 3.05) is 0 Å². The molecule has 0 amide bonds. The zero-order valence-electron chi connectivity index (χ0n) is 63.0. The lowest BCUT2D eigenvalue weighted by Gasteiger charge is -2.37. The standard InChI is InChI=1S/8C10H20O/c1-4-9-6-10(11)5-7(2)8(9)3;1-4-9-5-7(2)8(3)10(11)6-9;1-4-9-5-7(2)8(3)6-10(9)11;1-4-9-6-10(11)8(3)5-7(9)2;1-4-9-5-7(2)6-10(11)8(9)3;1-4-9-6-7(2)5-8(3)10(9)11;1-4-9-7(2)5-6-10(11)8(9)3;1-4-9-6-5-7(2)10(11)8(9)3/h8*7-11H,4-6H2,1-3H3. The third-order valence-electron chi connectivity index (χ3n) is 26.4. The molecule has 0 aliphatic heterocycles. The summed E-state index contributed by atoms with van der Waals surface area (Å²) >= 11 is 0. The monoisotopic (exact) mass is 1250 g/mol. The van der Waals surface area contributed by atoms with E-state index in [2.05, 4.69) is 166 Å². The van der Waals surface area contributed by atoms with Crippen molar-refractivity contribution in [3.05, 3.63) is 0 Å². The van der Waals surface area contributed by atoms with Gasteiger partial charge in [-0.25, -0.2) is 0 Å². The zero-order chi connectivity index (χ0) is 67.4. The Balaban J connectivity index is 0.000000503. The SMILES string of the molecule is CCC1C(C)CCC(O)C1C.CCC1CC(C)C(C)C(O)C1.CCC1CC(C)C(C)CC1O.CCC1CC(C)CC(C)C1O.CCC1CC(C)CC(O)C1C.CCC1CC(O)C(C)CC1C.CCC1CC(O)CC(C)C1C.CCC1CCC(C)C(O)C1C. The Kier molecular flexibility index (Phi) is 43.3. The summed E-state index contributed by atoms with van der Waals surface area (Å²) in [6, 6.07) is 0. The molecule has 8 heteroatoms. The summed E-state index contributed by atoms with van der Waals surface area (Å²) in [5.41, 5.74) is 0. The predicted molar refractivity (Wildman–Crippen MR) is 379 cm³/mol. The van der Waals surface area contributed by atoms with Crippen LogP contribution in [-0.4, -0.2) is 89.7 Å². The van der Waals surface area contributed by atoms with Crippen LogP contribution in [0.5, 0.6) is 0 Å². The molecule has 0 radical (unpaired) electrons. The Morgan fingerprint density at radius 3 is 1.25 bits per heavy atom. The molecular formula is C80H160O8. The highest BCUT2D eigenvalue weighted by atomic mass is 16.3. The van der Waals surface area contributed by atoms with Crippen molar-refractivity contribution in [2.24, 2.45) is 142 Å². The van der Waals surface area contributed by atoms with Crippen LogP contribution in [0, 0.1) is 142 Å². The van der Waals surface area contributed by atoms with E-state index < -0.39 is 0 Å². The number of hydrogen-bond donors (Lipinski definition) is 8. The van der Waals surface area contributed by atoms with E-state index in [-0.39, 0.29) is 48.8 Å². The lowest BCUT2D eigenvalue weighted by atomic mass is 9.71. The fraction of sp³-hybridized carbons (Fsp3) is 1.00. The molecule has 8 N–H and O–H groups in total. The van der Waals surface area contributed by atoms with Gasteiger partial charge in [-0.2, -0.15) is 0 Å². The Morgan fingerprint density at radius 1 is 0.227 bits per heavy atom. The van der Waals surface area contributed by atoms with Crippen molar-refractivity contribution in [3.8, 4) is 0 Å². The molecule has 88 heavy (non-hydrogen) atoms. The minimum atomic E-state index is -0.0475. The summed E-state index contributed by atoms with van der Waals surface area (Å²) in [7, 11) is 0. The molecule has 8 saturated carbocycles. The largest absolute Gasteiger partial charge is 0.393 e. The van der Waals surface area contributed by atoms with Crippen LogP contribution in [0.3, 0.4) is 0 Å². The van der Waals surface area contributed by atoms with Gasteiger partial charge in [-0.05, 0) is 245 Å². The third-order valence-corrected chi connectivity index (χ3v) is 26.4. The van der Waals surface area contributed by atoms with Crippen LogP contribution in [0.15, 0.2) is 0 Å². The maximum atomic E-state index is 9.76. The first-order valence-electron chi connectivity index (χ1n) is 38.7. The van der Waals surface area contributed by atoms with Crippen molar-refractivity contribution in [1.29, 1.82) is 0 Å². The quantitative estimate of drug-likeness (QED) is 0.119. The van der Waals surface area contributed by atoms with Gasteiger partial charge >= 0.3 is 0 Å². The fourth-order valence-corrected chi connectivity index (χ4v) is 18.3. The van der Waals surface area contributed by atoms with Gasteiger partial charge in [-0.15, -0.1) is 0 Å². The van der Waals surface area contributed by atoms with Crippen LogP contribution < -0.4 is 0 Å². The van der Waals surface area contributed by atoms with Gasteiger partial charge in [-0.1, -0.05) is 218 Å². The van der Waals surface area contributed by atoms with Crippen molar-refractivity contribution in [1.82, 2.24) is 0 Å². The molecule has 0 aromatic rings. The molecule has 0 heterocycles. The summed E-state index contributed by atoms with van der Waals surface area (Å²) in [5.74, 6) is 16.3. The fourth-order valence-electron chi connectivity index (χ4n) is 18.3. The minimum Gasteiger partial charge on any atom is -0.393 e. The van der Waals surface area contributed by atoms with Crippen LogP contribution in [0.2, 0.25) is 0 Å². The second kappa shape index (κ2) is 44.4. The van der Waals surface area contributed by atoms with Crippen molar-refractivity contribution >= 4 is 0 Å². The molecule has 0 aromatic heterocycles. The van der Waals surface area contributed by atoms with Crippen LogP contribution in [0.25, 0.3) is 0 Å². The maximum Gasteiger partial charge on any atom is 0.0594 e. The molecule has 0 aromatic carbocycles. The van der Waals surface area contributed by atoms with Gasteiger partial charge in [0.2, 0.25) is 0 Å². The molecule has 32 atom stereocenters. The summed E-state index contributed by atoms with van der Waals surface area (Å²) in [6.07, 6.45) is 27.7. The van der Waals surface area contributed by atoms with E-state index in [1.165, 1.54) is 96.3 Å². The first-order valence-corrected chi connectivity index (χ1v) is 38.7. The van der Waals surface area contributed by atoms with Gasteiger partial charge < -0.3 is 40.9 Å². The molecule has 8 fully saturated rings. The normalized spacial score (nSPS) is 45.8. The molecule has 0 spiro atoms. The minimum absolute atomic E-state index is 0.0220. The second-order valence-electron chi connectivity index (χ2n) is 33.1. The van der Waals surface area contributed by atoms with Gasteiger partial charge in [0.1, 0.15) is 0 Å². The average molecular weight is 1250 g/mol. The van der Waals surface area contributed by atoms with Crippen molar-refractivity contribution in [2.45, 2.75) is 369 Å². The van der Waals surface area contributed by atoms with Crippen LogP contribution >= 0.6 is 0 Å². The van der Waals surface area contributed by atoms with Crippen molar-refractivity contribution < 1.29 is 40.9 Å². The van der Waals surface area contributed by atoms with E-state index in [0.29, 0.717) is 71.0 Å². The molecular weight excluding hydrogens is 1090 g/mol. The zero-order valence-corrected chi connectivity index (χ0v) is 63.0. The number of hydrogen-bond acceptors (Lipinski definition) is 8. The first kappa shape index (κ1) is 85.7. The number of rotatable bonds is 8. The third kappa shape index (κ3) is 28.9. The highest BCUT2D eigenvalue weighted by molar-refractivity contribution is 4.87. The van der Waals surface area contributed by atoms with E-state index in [0.717, 1.165) is 129 Å². The van der Waals surface area contributed by atoms with Gasteiger partial charge in [0, 0.05) is 0 Å². The van der Waals surface area contributed by atoms with Gasteiger partial charge in [0.15, 0.2) is 0 Å². The highest BCUT2D eigenvalue weighted by Gasteiger charge is 2.37. The van der Waals surface area contributed by atoms with Gasteiger partial charge in [0.25, 0.3) is 0 Å². The maximum absolute atomic E-state index is 9.76. The first-order chi connectivity index (χ1) is 41.2. The van der Waals surface area contributed by atoms with Gasteiger partial charge in [0.05, 0.1) is 48.8 Å². The highest BCUT2D eigenvalue weighted by Crippen LogP contribution is 2.42. The van der Waals surface area contributed by atoms with Crippen molar-refractivity contribution in [3.63, 3.8) is 0 Å². The Labute approximate surface area is 549 Å². The van der Waals surface area contributed by atoms with E-state index in [1.54, 1.807) is 0 Å². The molecule has 8 nitrogen and oxygen atoms in total. The lowest BCUT2D eigenvalue weighted by molar-refractivity contribution is -0.000139. The molecule has 528 valence electrons. The predicted octanol–water partition coefficient (Wildman–Crippen LogP) is 19.5. The van der Waals surface area contributed by atoms with E-state index >= 15 is 0 Å². The molecule has 8 aliphatic carbocycles. The van der Waals surface area contributed by atoms with Crippen LogP contribution in [0.1, 0.15) is 320 Å². The smallest absolute Gasteiger partial charge is 0.0594 e. The van der Waals surface area contributed by atoms with E-state index in [4.69, 9.17) is 0 Å². The molecule has 32 unspecified atom stereocenters. The number of aliphatic hydroxyl groups is 8.